The Labute approximate surface area is 211 Å². The van der Waals surface area contributed by atoms with E-state index < -0.39 is 38.0 Å². The Balaban J connectivity index is 1.64. The normalized spacial score (nSPS) is 24.3. The molecule has 1 atom stereocenters. The number of morpholine rings is 1. The number of halogens is 2. The number of nitrogens with zero attached hydrogens (tertiary/aromatic N) is 5. The van der Waals surface area contributed by atoms with Gasteiger partial charge in [-0.15, -0.1) is 0 Å². The Bertz CT molecular complexity index is 1670. The number of methoxy groups -OCH3 is 1. The minimum absolute atomic E-state index is 0.0311. The highest BCUT2D eigenvalue weighted by Gasteiger charge is 2.24. The Kier molecular flexibility index (Phi) is 4.11. The highest BCUT2D eigenvalue weighted by molar-refractivity contribution is 6.31. The third kappa shape index (κ3) is 4.13. The van der Waals surface area contributed by atoms with Crippen molar-refractivity contribution in [1.29, 1.82) is 0 Å². The molecule has 1 fully saturated rings. The van der Waals surface area contributed by atoms with Crippen molar-refractivity contribution in [3.63, 3.8) is 0 Å². The van der Waals surface area contributed by atoms with Gasteiger partial charge in [0, 0.05) is 52.6 Å². The number of aromatic nitrogens is 4. The summed E-state index contributed by atoms with van der Waals surface area (Å²) in [7, 11) is 1.34. The number of hydrogen-bond acceptors (Lipinski definition) is 8. The van der Waals surface area contributed by atoms with E-state index in [9.17, 15) is 5.11 Å². The summed E-state index contributed by atoms with van der Waals surface area (Å²) in [6.45, 7) is -12.8. The molecule has 2 aromatic carbocycles. The van der Waals surface area contributed by atoms with Gasteiger partial charge >= 0.3 is 0 Å². The molecule has 0 spiro atoms. The van der Waals surface area contributed by atoms with Gasteiger partial charge in [-0.3, -0.25) is 4.98 Å². The molecule has 0 amide bonds. The lowest BCUT2D eigenvalue weighted by molar-refractivity contribution is 0.122. The summed E-state index contributed by atoms with van der Waals surface area (Å²) in [6, 6.07) is 6.00. The van der Waals surface area contributed by atoms with Gasteiger partial charge in [0.15, 0.2) is 0 Å². The van der Waals surface area contributed by atoms with Crippen LogP contribution in [0, 0.1) is 5.82 Å². The summed E-state index contributed by atoms with van der Waals surface area (Å²) in [5.41, 5.74) is -0.149. The molecule has 1 saturated heterocycles. The fourth-order valence-electron chi connectivity index (χ4n) is 3.50. The van der Waals surface area contributed by atoms with Crippen LogP contribution in [0.2, 0.25) is 5.02 Å². The van der Waals surface area contributed by atoms with Gasteiger partial charge in [0.1, 0.15) is 23.9 Å². The lowest BCUT2D eigenvalue weighted by Crippen LogP contribution is -2.36. The maximum Gasteiger partial charge on any atom is 0.238 e. The summed E-state index contributed by atoms with van der Waals surface area (Å²) >= 11 is 6.28. The van der Waals surface area contributed by atoms with Crippen molar-refractivity contribution in [1.82, 2.24) is 19.9 Å². The second kappa shape index (κ2) is 9.46. The molecule has 1 unspecified atom stereocenters. The number of rotatable bonds is 5. The minimum atomic E-state index is -3.25. The lowest BCUT2D eigenvalue weighted by Gasteiger charge is -2.29. The number of ether oxygens (including phenoxy) is 2. The summed E-state index contributed by atoms with van der Waals surface area (Å²) in [6.07, 6.45) is 2.32. The van der Waals surface area contributed by atoms with Crippen molar-refractivity contribution < 1.29 is 29.9 Å². The van der Waals surface area contributed by atoms with Crippen molar-refractivity contribution in [3.8, 4) is 17.1 Å². The zero-order chi connectivity index (χ0) is 30.8. The topological polar surface area (TPSA) is 93.5 Å². The number of anilines is 1. The molecule has 174 valence electrons. The predicted molar refractivity (Wildman–Crippen MR) is 126 cm³/mol. The summed E-state index contributed by atoms with van der Waals surface area (Å²) in [5.74, 6) is -0.767. The van der Waals surface area contributed by atoms with Crippen LogP contribution in [0.1, 0.15) is 28.3 Å². The molecule has 1 aliphatic rings. The summed E-state index contributed by atoms with van der Waals surface area (Å²) in [5, 5.41) is 11.2. The monoisotopic (exact) mass is 489 g/mol. The molecular formula is C24H21ClFN5O3. The number of hydrogen-bond donors (Lipinski definition) is 1. The number of fused-ring (bicyclic) bond motifs is 1. The van der Waals surface area contributed by atoms with Crippen molar-refractivity contribution in [3.05, 3.63) is 71.2 Å². The molecule has 5 rings (SSSR count). The first-order chi connectivity index (χ1) is 19.5. The van der Waals surface area contributed by atoms with Crippen LogP contribution in [0.5, 0.6) is 5.88 Å². The first-order valence-corrected chi connectivity index (χ1v) is 10.2. The minimum Gasteiger partial charge on any atom is -0.480 e. The third-order valence-corrected chi connectivity index (χ3v) is 5.40. The van der Waals surface area contributed by atoms with Gasteiger partial charge in [0.2, 0.25) is 5.88 Å². The van der Waals surface area contributed by atoms with Crippen LogP contribution in [-0.2, 0) is 4.74 Å². The standard InChI is InChI=1S/C24H21ClFN5O3/c1-33-24-22(27-4-5-28-24)23(32)16-11-17(19(26)12-18(16)25)21-15-3-2-14(10-20(15)29-13-30-21)31-6-8-34-9-7-31/h2-5,10-13,23,32H,6-9H2,1H3/i6D2,7D2,8D2,9D2. The number of benzene rings is 2. The maximum atomic E-state index is 15.3. The first kappa shape index (κ1) is 14.8. The molecule has 2 aromatic heterocycles. The van der Waals surface area contributed by atoms with Crippen molar-refractivity contribution in [2.24, 2.45) is 0 Å². The van der Waals surface area contributed by atoms with E-state index in [4.69, 9.17) is 27.3 Å². The highest BCUT2D eigenvalue weighted by atomic mass is 35.5. The second-order valence-corrected chi connectivity index (χ2v) is 7.40. The van der Waals surface area contributed by atoms with E-state index in [1.54, 1.807) is 0 Å². The molecule has 3 heterocycles. The van der Waals surface area contributed by atoms with Crippen molar-refractivity contribution in [2.45, 2.75) is 6.10 Å². The zero-order valence-electron chi connectivity index (χ0n) is 25.5. The van der Waals surface area contributed by atoms with Gasteiger partial charge in [0.25, 0.3) is 0 Å². The predicted octanol–water partition coefficient (Wildman–Crippen LogP) is 3.81. The zero-order valence-corrected chi connectivity index (χ0v) is 18.2. The van der Waals surface area contributed by atoms with Crippen LogP contribution in [0.15, 0.2) is 49.1 Å². The van der Waals surface area contributed by atoms with Crippen LogP contribution in [0.25, 0.3) is 22.2 Å². The van der Waals surface area contributed by atoms with Crippen molar-refractivity contribution >= 4 is 28.2 Å². The van der Waals surface area contributed by atoms with E-state index in [1.165, 1.54) is 43.8 Å². The fraction of sp³-hybridized carbons (Fsp3) is 0.250. The van der Waals surface area contributed by atoms with Crippen molar-refractivity contribution in [2.75, 3.05) is 38.1 Å². The molecule has 0 saturated carbocycles. The molecule has 4 aromatic rings. The summed E-state index contributed by atoms with van der Waals surface area (Å²) in [4.78, 5) is 16.7. The molecule has 0 radical (unpaired) electrons. The average molecular weight is 490 g/mol. The van der Waals surface area contributed by atoms with Crippen LogP contribution in [-0.4, -0.2) is 58.3 Å². The quantitative estimate of drug-likeness (QED) is 0.452. The third-order valence-electron chi connectivity index (χ3n) is 5.07. The van der Waals surface area contributed by atoms with E-state index in [2.05, 4.69) is 24.7 Å². The van der Waals surface area contributed by atoms with Crippen LogP contribution < -0.4 is 9.64 Å². The lowest BCUT2D eigenvalue weighted by atomic mass is 9.99. The van der Waals surface area contributed by atoms with Gasteiger partial charge in [-0.1, -0.05) is 11.6 Å². The van der Waals surface area contributed by atoms with Gasteiger partial charge < -0.3 is 19.5 Å². The molecule has 0 aliphatic carbocycles. The van der Waals surface area contributed by atoms with E-state index in [0.29, 0.717) is 4.90 Å². The number of aliphatic hydroxyl groups is 1. The highest BCUT2D eigenvalue weighted by Crippen LogP contribution is 2.37. The first-order valence-electron chi connectivity index (χ1n) is 13.8. The fourth-order valence-corrected chi connectivity index (χ4v) is 3.76. The largest absolute Gasteiger partial charge is 0.480 e. The molecule has 10 heteroatoms. The van der Waals surface area contributed by atoms with Crippen LogP contribution >= 0.6 is 11.6 Å². The molecule has 1 aliphatic heterocycles. The van der Waals surface area contributed by atoms with Crippen LogP contribution in [0.4, 0.5) is 10.1 Å². The molecular weight excluding hydrogens is 461 g/mol. The van der Waals surface area contributed by atoms with Gasteiger partial charge in [-0.2, -0.15) is 0 Å². The second-order valence-electron chi connectivity index (χ2n) is 7.00. The summed E-state index contributed by atoms with van der Waals surface area (Å²) < 4.78 is 90.0. The van der Waals surface area contributed by atoms with E-state index in [-0.39, 0.29) is 50.0 Å². The SMILES string of the molecule is [2H]C1([2H])OC([2H])([2H])C([2H])([2H])N(c2ccc3c(-c4cc(C(O)c5nccnc5OC)c(Cl)cc4F)ncnc3c2)C1([2H])[2H]. The van der Waals surface area contributed by atoms with E-state index >= 15 is 4.39 Å². The molecule has 34 heavy (non-hydrogen) atoms. The van der Waals surface area contributed by atoms with E-state index in [0.717, 1.165) is 12.4 Å². The molecule has 1 N–H and O–H groups in total. The van der Waals surface area contributed by atoms with Gasteiger partial charge in [-0.05, 0) is 30.3 Å². The van der Waals surface area contributed by atoms with Gasteiger partial charge in [0.05, 0.1) is 42.4 Å². The molecule has 8 nitrogen and oxygen atoms in total. The Morgan fingerprint density at radius 2 is 1.94 bits per heavy atom. The number of aliphatic hydroxyl groups excluding tert-OH is 1. The average Bonchev–Trinajstić information content (AvgIpc) is 2.91. The smallest absolute Gasteiger partial charge is 0.238 e. The Morgan fingerprint density at radius 1 is 1.15 bits per heavy atom. The molecule has 0 bridgehead atoms. The maximum absolute atomic E-state index is 15.3. The van der Waals surface area contributed by atoms with Crippen LogP contribution in [0.3, 0.4) is 0 Å². The Morgan fingerprint density at radius 3 is 2.74 bits per heavy atom. The Hall–Kier alpha value is -3.40. The van der Waals surface area contributed by atoms with Gasteiger partial charge in [-0.25, -0.2) is 19.3 Å². The van der Waals surface area contributed by atoms with E-state index in [1.807, 2.05) is 0 Å².